The van der Waals surface area contributed by atoms with Crippen molar-refractivity contribution in [1.29, 1.82) is 0 Å². The molecule has 0 saturated heterocycles. The Morgan fingerprint density at radius 3 is 2.89 bits per heavy atom. The van der Waals surface area contributed by atoms with Gasteiger partial charge in [-0.15, -0.1) is 10.2 Å². The highest BCUT2D eigenvalue weighted by molar-refractivity contribution is 5.55. The minimum atomic E-state index is 0.450. The van der Waals surface area contributed by atoms with Crippen LogP contribution < -0.4 is 5.73 Å². The predicted molar refractivity (Wildman–Crippen MR) is 73.3 cm³/mol. The molecule has 0 spiro atoms. The van der Waals surface area contributed by atoms with Gasteiger partial charge in [0.2, 0.25) is 0 Å². The van der Waals surface area contributed by atoms with Crippen LogP contribution in [0.5, 0.6) is 0 Å². The molecule has 1 aliphatic carbocycles. The molecule has 2 aromatic heterocycles. The van der Waals surface area contributed by atoms with Crippen LogP contribution in [-0.4, -0.2) is 19.7 Å². The topological polar surface area (TPSA) is 69.6 Å². The maximum Gasteiger partial charge on any atom is 0.164 e. The summed E-state index contributed by atoms with van der Waals surface area (Å²) in [6, 6.07) is 4.51. The van der Waals surface area contributed by atoms with Crippen LogP contribution in [0.1, 0.15) is 43.8 Å². The molecule has 0 aliphatic heterocycles. The van der Waals surface area contributed by atoms with Crippen molar-refractivity contribution in [3.05, 3.63) is 30.4 Å². The van der Waals surface area contributed by atoms with Crippen LogP contribution >= 0.6 is 0 Å². The fourth-order valence-corrected chi connectivity index (χ4v) is 2.80. The fourth-order valence-electron chi connectivity index (χ4n) is 2.80. The first-order valence-corrected chi connectivity index (χ1v) is 6.93. The summed E-state index contributed by atoms with van der Waals surface area (Å²) >= 11 is 0. The highest BCUT2D eigenvalue weighted by atomic mass is 15.3. The zero-order valence-corrected chi connectivity index (χ0v) is 11.0. The van der Waals surface area contributed by atoms with E-state index >= 15 is 0 Å². The molecule has 1 saturated carbocycles. The van der Waals surface area contributed by atoms with Crippen molar-refractivity contribution in [2.45, 2.75) is 44.7 Å². The molecular weight excluding hydrogens is 238 g/mol. The molecule has 0 atom stereocenters. The van der Waals surface area contributed by atoms with E-state index in [1.807, 2.05) is 18.5 Å². The molecule has 5 heteroatoms. The summed E-state index contributed by atoms with van der Waals surface area (Å²) in [4.78, 5) is 4.23. The molecule has 0 aromatic carbocycles. The van der Waals surface area contributed by atoms with Crippen molar-refractivity contribution < 1.29 is 0 Å². The van der Waals surface area contributed by atoms with Gasteiger partial charge in [0.05, 0.1) is 5.69 Å². The molecule has 19 heavy (non-hydrogen) atoms. The second kappa shape index (κ2) is 5.48. The van der Waals surface area contributed by atoms with E-state index in [2.05, 4.69) is 19.7 Å². The van der Waals surface area contributed by atoms with Crippen LogP contribution in [0.25, 0.3) is 11.4 Å². The molecule has 0 amide bonds. The zero-order chi connectivity index (χ0) is 13.1. The maximum atomic E-state index is 5.65. The third kappa shape index (κ3) is 2.51. The van der Waals surface area contributed by atoms with E-state index in [1.165, 1.54) is 32.1 Å². The van der Waals surface area contributed by atoms with E-state index in [1.54, 1.807) is 6.20 Å². The first kappa shape index (κ1) is 12.3. The summed E-state index contributed by atoms with van der Waals surface area (Å²) < 4.78 is 2.22. The Morgan fingerprint density at radius 2 is 2.11 bits per heavy atom. The predicted octanol–water partition coefficient (Wildman–Crippen LogP) is 2.30. The highest BCUT2D eigenvalue weighted by Gasteiger charge is 2.19. The van der Waals surface area contributed by atoms with Gasteiger partial charge in [-0.05, 0) is 25.0 Å². The molecule has 2 aromatic rings. The summed E-state index contributed by atoms with van der Waals surface area (Å²) in [5.41, 5.74) is 7.59. The van der Waals surface area contributed by atoms with Crippen molar-refractivity contribution in [2.24, 2.45) is 5.73 Å². The largest absolute Gasteiger partial charge is 0.325 e. The minimum Gasteiger partial charge on any atom is -0.325 e. The summed E-state index contributed by atoms with van der Waals surface area (Å²) in [6.45, 7) is 0.450. The Bertz CT molecular complexity index is 542. The average molecular weight is 257 g/mol. The number of nitrogens with zero attached hydrogens (tertiary/aromatic N) is 4. The number of nitrogens with two attached hydrogens (primary N) is 1. The first-order valence-electron chi connectivity index (χ1n) is 6.93. The van der Waals surface area contributed by atoms with Gasteiger partial charge in [0.25, 0.3) is 0 Å². The van der Waals surface area contributed by atoms with Crippen LogP contribution in [0, 0.1) is 0 Å². The average Bonchev–Trinajstić information content (AvgIpc) is 2.98. The summed E-state index contributed by atoms with van der Waals surface area (Å²) in [6.07, 6.45) is 10.0. The van der Waals surface area contributed by atoms with Crippen molar-refractivity contribution in [2.75, 3.05) is 0 Å². The SMILES string of the molecule is NCc1cc(-c2nncn2C2CCCCC2)ccn1. The molecular formula is C14H19N5. The van der Waals surface area contributed by atoms with Crippen LogP contribution in [0.4, 0.5) is 0 Å². The number of rotatable bonds is 3. The lowest BCUT2D eigenvalue weighted by Gasteiger charge is -2.24. The second-order valence-electron chi connectivity index (χ2n) is 5.09. The van der Waals surface area contributed by atoms with Crippen LogP contribution in [0.15, 0.2) is 24.7 Å². The van der Waals surface area contributed by atoms with Crippen molar-refractivity contribution >= 4 is 0 Å². The van der Waals surface area contributed by atoms with Crippen LogP contribution in [0.3, 0.4) is 0 Å². The maximum absolute atomic E-state index is 5.65. The smallest absolute Gasteiger partial charge is 0.164 e. The molecule has 2 N–H and O–H groups in total. The first-order chi connectivity index (χ1) is 9.38. The van der Waals surface area contributed by atoms with Crippen molar-refractivity contribution in [1.82, 2.24) is 19.7 Å². The van der Waals surface area contributed by atoms with E-state index in [4.69, 9.17) is 5.73 Å². The molecule has 0 radical (unpaired) electrons. The molecule has 1 fully saturated rings. The molecule has 0 bridgehead atoms. The summed E-state index contributed by atoms with van der Waals surface area (Å²) in [7, 11) is 0. The van der Waals surface area contributed by atoms with E-state index in [0.29, 0.717) is 12.6 Å². The minimum absolute atomic E-state index is 0.450. The Hall–Kier alpha value is -1.75. The molecule has 0 unspecified atom stereocenters. The Labute approximate surface area is 112 Å². The molecule has 1 aliphatic rings. The van der Waals surface area contributed by atoms with Gasteiger partial charge in [-0.3, -0.25) is 4.98 Å². The third-order valence-corrected chi connectivity index (χ3v) is 3.83. The number of hydrogen-bond donors (Lipinski definition) is 1. The van der Waals surface area contributed by atoms with Gasteiger partial charge < -0.3 is 10.3 Å². The van der Waals surface area contributed by atoms with Gasteiger partial charge in [0, 0.05) is 24.3 Å². The number of pyridine rings is 1. The van der Waals surface area contributed by atoms with Gasteiger partial charge in [-0.2, -0.15) is 0 Å². The van der Waals surface area contributed by atoms with Gasteiger partial charge in [0.1, 0.15) is 6.33 Å². The summed E-state index contributed by atoms with van der Waals surface area (Å²) in [5.74, 6) is 0.934. The molecule has 100 valence electrons. The standard InChI is InChI=1S/C14H19N5/c15-9-12-8-11(6-7-16-12)14-18-17-10-19(14)13-4-2-1-3-5-13/h6-8,10,13H,1-5,9,15H2. The lowest BCUT2D eigenvalue weighted by molar-refractivity contribution is 0.355. The van der Waals surface area contributed by atoms with Crippen LogP contribution in [0.2, 0.25) is 0 Å². The van der Waals surface area contributed by atoms with Crippen molar-refractivity contribution in [3.63, 3.8) is 0 Å². The normalized spacial score (nSPS) is 16.7. The monoisotopic (exact) mass is 257 g/mol. The lowest BCUT2D eigenvalue weighted by Crippen LogP contribution is -2.13. The third-order valence-electron chi connectivity index (χ3n) is 3.83. The quantitative estimate of drug-likeness (QED) is 0.916. The van der Waals surface area contributed by atoms with E-state index in [-0.39, 0.29) is 0 Å². The lowest BCUT2D eigenvalue weighted by atomic mass is 9.95. The van der Waals surface area contributed by atoms with E-state index in [0.717, 1.165) is 17.1 Å². The highest BCUT2D eigenvalue weighted by Crippen LogP contribution is 2.31. The van der Waals surface area contributed by atoms with Crippen LogP contribution in [-0.2, 0) is 6.54 Å². The Kier molecular flexibility index (Phi) is 3.55. The van der Waals surface area contributed by atoms with Crippen molar-refractivity contribution in [3.8, 4) is 11.4 Å². The van der Waals surface area contributed by atoms with Gasteiger partial charge in [-0.25, -0.2) is 0 Å². The number of aromatic nitrogens is 4. The van der Waals surface area contributed by atoms with E-state index in [9.17, 15) is 0 Å². The molecule has 2 heterocycles. The Balaban J connectivity index is 1.94. The molecule has 5 nitrogen and oxygen atoms in total. The number of hydrogen-bond acceptors (Lipinski definition) is 4. The summed E-state index contributed by atoms with van der Waals surface area (Å²) in [5, 5.41) is 8.37. The Morgan fingerprint density at radius 1 is 1.26 bits per heavy atom. The zero-order valence-electron chi connectivity index (χ0n) is 11.0. The van der Waals surface area contributed by atoms with Gasteiger partial charge in [-0.1, -0.05) is 19.3 Å². The van der Waals surface area contributed by atoms with Gasteiger partial charge in [0.15, 0.2) is 5.82 Å². The van der Waals surface area contributed by atoms with E-state index < -0.39 is 0 Å². The van der Waals surface area contributed by atoms with Gasteiger partial charge >= 0.3 is 0 Å². The molecule has 3 rings (SSSR count). The fraction of sp³-hybridized carbons (Fsp3) is 0.500. The second-order valence-corrected chi connectivity index (χ2v) is 5.09.